The zero-order chi connectivity index (χ0) is 21.6. The number of ether oxygens (including phenoxy) is 2. The van der Waals surface area contributed by atoms with Gasteiger partial charge in [0.1, 0.15) is 5.75 Å². The van der Waals surface area contributed by atoms with Crippen molar-refractivity contribution in [2.75, 3.05) is 53.0 Å². The molecule has 0 saturated carbocycles. The van der Waals surface area contributed by atoms with Crippen molar-refractivity contribution in [1.29, 1.82) is 0 Å². The molecule has 0 unspecified atom stereocenters. The average molecular weight is 488 g/mol. The van der Waals surface area contributed by atoms with Gasteiger partial charge in [-0.15, -0.1) is 0 Å². The predicted octanol–water partition coefficient (Wildman–Crippen LogP) is 4.16. The first-order chi connectivity index (χ1) is 15.1. The molecular formula is C24H30BrN3O3. The Morgan fingerprint density at radius 1 is 1.13 bits per heavy atom. The number of amides is 2. The molecule has 2 heterocycles. The Hall–Kier alpha value is -2.09. The maximum absolute atomic E-state index is 12.8. The Bertz CT molecular complexity index is 874. The fraction of sp³-hybridized carbons (Fsp3) is 0.458. The standard InChI is InChI=1S/C24H30BrN3O3/c1-26-22(20-6-3-2-4-7-20)18-28(24(26)29)17-19-8-9-23(21(25)16-19)31-13-5-10-27-11-14-30-15-12-27/h2-4,6-9,16,22H,5,10-15,17-18H2,1H3/t22-/m1/s1. The number of halogens is 1. The van der Waals surface area contributed by atoms with E-state index in [0.717, 1.165) is 55.1 Å². The van der Waals surface area contributed by atoms with Gasteiger partial charge in [0, 0.05) is 39.8 Å². The Labute approximate surface area is 192 Å². The lowest BCUT2D eigenvalue weighted by molar-refractivity contribution is 0.0358. The molecule has 2 aliphatic rings. The topological polar surface area (TPSA) is 45.2 Å². The highest BCUT2D eigenvalue weighted by Crippen LogP contribution is 2.31. The number of rotatable bonds is 8. The summed E-state index contributed by atoms with van der Waals surface area (Å²) in [5, 5.41) is 0. The van der Waals surface area contributed by atoms with Crippen LogP contribution < -0.4 is 4.74 Å². The molecule has 0 N–H and O–H groups in total. The lowest BCUT2D eigenvalue weighted by Gasteiger charge is -2.26. The normalized spacial score (nSPS) is 19.8. The predicted molar refractivity (Wildman–Crippen MR) is 124 cm³/mol. The Morgan fingerprint density at radius 3 is 2.65 bits per heavy atom. The lowest BCUT2D eigenvalue weighted by atomic mass is 10.1. The lowest BCUT2D eigenvalue weighted by Crippen LogP contribution is -2.37. The van der Waals surface area contributed by atoms with Gasteiger partial charge in [0.05, 0.1) is 30.3 Å². The first-order valence-corrected chi connectivity index (χ1v) is 11.7. The number of morpholine rings is 1. The van der Waals surface area contributed by atoms with E-state index in [0.29, 0.717) is 19.7 Å². The van der Waals surface area contributed by atoms with Gasteiger partial charge >= 0.3 is 6.03 Å². The molecule has 2 fully saturated rings. The number of carbonyl (C=O) groups excluding carboxylic acids is 1. The second-order valence-electron chi connectivity index (χ2n) is 8.12. The zero-order valence-corrected chi connectivity index (χ0v) is 19.6. The van der Waals surface area contributed by atoms with E-state index in [1.54, 1.807) is 0 Å². The molecule has 0 spiro atoms. The summed E-state index contributed by atoms with van der Waals surface area (Å²) in [6, 6.07) is 16.5. The van der Waals surface area contributed by atoms with Crippen molar-refractivity contribution in [2.45, 2.75) is 19.0 Å². The van der Waals surface area contributed by atoms with Crippen molar-refractivity contribution in [1.82, 2.24) is 14.7 Å². The molecular weight excluding hydrogens is 458 g/mol. The van der Waals surface area contributed by atoms with E-state index in [9.17, 15) is 4.79 Å². The van der Waals surface area contributed by atoms with Crippen molar-refractivity contribution in [3.05, 3.63) is 64.1 Å². The molecule has 2 saturated heterocycles. The molecule has 6 nitrogen and oxygen atoms in total. The van der Waals surface area contributed by atoms with Gasteiger partial charge in [-0.2, -0.15) is 0 Å². The third-order valence-electron chi connectivity index (χ3n) is 5.97. The monoisotopic (exact) mass is 487 g/mol. The van der Waals surface area contributed by atoms with Crippen LogP contribution in [0.3, 0.4) is 0 Å². The fourth-order valence-electron chi connectivity index (χ4n) is 4.18. The third-order valence-corrected chi connectivity index (χ3v) is 6.59. The highest BCUT2D eigenvalue weighted by molar-refractivity contribution is 9.10. The SMILES string of the molecule is CN1C(=O)N(Cc2ccc(OCCCN3CCOCC3)c(Br)c2)C[C@@H]1c1ccccc1. The van der Waals surface area contributed by atoms with Gasteiger partial charge in [0.15, 0.2) is 0 Å². The molecule has 0 aliphatic carbocycles. The van der Waals surface area contributed by atoms with Crippen LogP contribution in [0.4, 0.5) is 4.79 Å². The number of hydrogen-bond acceptors (Lipinski definition) is 4. The molecule has 166 valence electrons. The van der Waals surface area contributed by atoms with E-state index >= 15 is 0 Å². The van der Waals surface area contributed by atoms with Crippen LogP contribution in [0, 0.1) is 0 Å². The summed E-state index contributed by atoms with van der Waals surface area (Å²) in [7, 11) is 1.88. The maximum atomic E-state index is 12.8. The van der Waals surface area contributed by atoms with Crippen LogP contribution in [0.2, 0.25) is 0 Å². The zero-order valence-electron chi connectivity index (χ0n) is 18.0. The van der Waals surface area contributed by atoms with Crippen LogP contribution in [-0.4, -0.2) is 73.8 Å². The average Bonchev–Trinajstić information content (AvgIpc) is 3.08. The minimum Gasteiger partial charge on any atom is -0.492 e. The van der Waals surface area contributed by atoms with Gasteiger partial charge in [-0.05, 0) is 45.6 Å². The van der Waals surface area contributed by atoms with Crippen molar-refractivity contribution in [3.8, 4) is 5.75 Å². The second kappa shape index (κ2) is 10.5. The Morgan fingerprint density at radius 2 is 1.90 bits per heavy atom. The Kier molecular flexibility index (Phi) is 7.48. The van der Waals surface area contributed by atoms with Gasteiger partial charge in [-0.25, -0.2) is 4.79 Å². The summed E-state index contributed by atoms with van der Waals surface area (Å²) in [5.41, 5.74) is 2.26. The van der Waals surface area contributed by atoms with E-state index in [4.69, 9.17) is 9.47 Å². The smallest absolute Gasteiger partial charge is 0.320 e. The quantitative estimate of drug-likeness (QED) is 0.524. The number of benzene rings is 2. The summed E-state index contributed by atoms with van der Waals surface area (Å²) in [6.45, 7) is 6.67. The summed E-state index contributed by atoms with van der Waals surface area (Å²) < 4.78 is 12.3. The van der Waals surface area contributed by atoms with E-state index in [1.807, 2.05) is 47.2 Å². The fourth-order valence-corrected chi connectivity index (χ4v) is 4.72. The molecule has 2 aromatic rings. The third kappa shape index (κ3) is 5.59. The first kappa shape index (κ1) is 22.1. The summed E-state index contributed by atoms with van der Waals surface area (Å²) in [5.74, 6) is 0.845. The number of urea groups is 1. The first-order valence-electron chi connectivity index (χ1n) is 10.9. The Balaban J connectivity index is 1.29. The van der Waals surface area contributed by atoms with Crippen molar-refractivity contribution >= 4 is 22.0 Å². The molecule has 2 aliphatic heterocycles. The molecule has 31 heavy (non-hydrogen) atoms. The van der Waals surface area contributed by atoms with Crippen LogP contribution in [0.25, 0.3) is 0 Å². The minimum atomic E-state index is 0.0633. The van der Waals surface area contributed by atoms with Gasteiger partial charge < -0.3 is 19.3 Å². The highest BCUT2D eigenvalue weighted by Gasteiger charge is 2.35. The van der Waals surface area contributed by atoms with Gasteiger partial charge in [0.2, 0.25) is 0 Å². The van der Waals surface area contributed by atoms with Crippen LogP contribution in [0.5, 0.6) is 5.75 Å². The molecule has 0 radical (unpaired) electrons. The molecule has 1 atom stereocenters. The van der Waals surface area contributed by atoms with Gasteiger partial charge in [0.25, 0.3) is 0 Å². The number of nitrogens with zero attached hydrogens (tertiary/aromatic N) is 3. The van der Waals surface area contributed by atoms with Crippen LogP contribution in [0.1, 0.15) is 23.6 Å². The largest absolute Gasteiger partial charge is 0.492 e. The number of hydrogen-bond donors (Lipinski definition) is 0. The molecule has 0 bridgehead atoms. The van der Waals surface area contributed by atoms with Crippen LogP contribution in [0.15, 0.2) is 53.0 Å². The van der Waals surface area contributed by atoms with Crippen LogP contribution >= 0.6 is 15.9 Å². The van der Waals surface area contributed by atoms with Crippen LogP contribution in [-0.2, 0) is 11.3 Å². The minimum absolute atomic E-state index is 0.0633. The molecule has 2 aromatic carbocycles. The van der Waals surface area contributed by atoms with Crippen molar-refractivity contribution in [2.24, 2.45) is 0 Å². The maximum Gasteiger partial charge on any atom is 0.320 e. The van der Waals surface area contributed by atoms with E-state index in [2.05, 4.69) is 39.0 Å². The molecule has 7 heteroatoms. The molecule has 0 aromatic heterocycles. The van der Waals surface area contributed by atoms with Gasteiger partial charge in [-0.1, -0.05) is 36.4 Å². The number of likely N-dealkylation sites (N-methyl/N-ethyl adjacent to an activating group) is 1. The summed E-state index contributed by atoms with van der Waals surface area (Å²) in [6.07, 6.45) is 0.990. The summed E-state index contributed by atoms with van der Waals surface area (Å²) in [4.78, 5) is 18.9. The number of carbonyl (C=O) groups is 1. The highest BCUT2D eigenvalue weighted by atomic mass is 79.9. The van der Waals surface area contributed by atoms with E-state index < -0.39 is 0 Å². The van der Waals surface area contributed by atoms with E-state index in [1.165, 1.54) is 5.56 Å². The van der Waals surface area contributed by atoms with Crippen molar-refractivity contribution in [3.63, 3.8) is 0 Å². The summed E-state index contributed by atoms with van der Waals surface area (Å²) >= 11 is 3.64. The molecule has 4 rings (SSSR count). The molecule has 2 amide bonds. The van der Waals surface area contributed by atoms with Crippen molar-refractivity contribution < 1.29 is 14.3 Å². The van der Waals surface area contributed by atoms with Gasteiger partial charge in [-0.3, -0.25) is 4.90 Å². The second-order valence-corrected chi connectivity index (χ2v) is 8.98. The van der Waals surface area contributed by atoms with E-state index in [-0.39, 0.29) is 12.1 Å².